The normalized spacial score (nSPS) is 17.0. The van der Waals surface area contributed by atoms with Gasteiger partial charge in [-0.25, -0.2) is 8.42 Å². The molecule has 2 aromatic rings. The van der Waals surface area contributed by atoms with Crippen LogP contribution in [0.2, 0.25) is 0 Å². The summed E-state index contributed by atoms with van der Waals surface area (Å²) in [5.41, 5.74) is 1.46. The maximum Gasteiger partial charge on any atom is 0.253 e. The van der Waals surface area contributed by atoms with Gasteiger partial charge < -0.3 is 14.4 Å². The largest absolute Gasteiger partial charge is 0.494 e. The van der Waals surface area contributed by atoms with Crippen LogP contribution in [0.5, 0.6) is 11.5 Å². The summed E-state index contributed by atoms with van der Waals surface area (Å²) in [4.78, 5) is 14.8. The first kappa shape index (κ1) is 20.4. The number of benzene rings is 2. The second-order valence-electron chi connectivity index (χ2n) is 7.10. The predicted octanol–water partition coefficient (Wildman–Crippen LogP) is 2.39. The van der Waals surface area contributed by atoms with E-state index in [9.17, 15) is 13.2 Å². The lowest BCUT2D eigenvalue weighted by atomic mass is 10.1. The van der Waals surface area contributed by atoms with Crippen molar-refractivity contribution in [3.63, 3.8) is 0 Å². The van der Waals surface area contributed by atoms with Crippen molar-refractivity contribution in [2.24, 2.45) is 0 Å². The van der Waals surface area contributed by atoms with Crippen molar-refractivity contribution in [3.8, 4) is 11.5 Å². The Morgan fingerprint density at radius 2 is 1.73 bits per heavy atom. The lowest BCUT2D eigenvalue weighted by Crippen LogP contribution is -2.51. The van der Waals surface area contributed by atoms with Gasteiger partial charge >= 0.3 is 0 Å². The van der Waals surface area contributed by atoms with E-state index in [2.05, 4.69) is 0 Å². The zero-order valence-electron chi connectivity index (χ0n) is 16.8. The third-order valence-corrected chi connectivity index (χ3v) is 7.12. The highest BCUT2D eigenvalue weighted by Gasteiger charge is 2.31. The van der Waals surface area contributed by atoms with Crippen molar-refractivity contribution in [1.82, 2.24) is 9.21 Å². The number of fused-ring (bicyclic) bond motifs is 1. The number of hydrogen-bond acceptors (Lipinski definition) is 5. The molecule has 0 aromatic heterocycles. The van der Waals surface area contributed by atoms with Crippen LogP contribution in [-0.2, 0) is 14.8 Å². The fourth-order valence-corrected chi connectivity index (χ4v) is 5.02. The van der Waals surface area contributed by atoms with E-state index < -0.39 is 10.0 Å². The fraction of sp³-hybridized carbons (Fsp3) is 0.318. The van der Waals surface area contributed by atoms with Gasteiger partial charge in [0.25, 0.3) is 5.91 Å². The second-order valence-corrected chi connectivity index (χ2v) is 9.03. The molecule has 0 aliphatic carbocycles. The molecule has 2 heterocycles. The highest BCUT2D eigenvalue weighted by atomic mass is 32.2. The maximum atomic E-state index is 12.9. The number of para-hydroxylation sites is 1. The Bertz CT molecular complexity index is 1060. The van der Waals surface area contributed by atoms with Gasteiger partial charge in [-0.1, -0.05) is 18.2 Å². The van der Waals surface area contributed by atoms with Gasteiger partial charge in [-0.05, 0) is 43.3 Å². The molecule has 8 heteroatoms. The van der Waals surface area contributed by atoms with Crippen molar-refractivity contribution >= 4 is 22.0 Å². The molecular weight excluding hydrogens is 404 g/mol. The highest BCUT2D eigenvalue weighted by molar-refractivity contribution is 7.89. The lowest BCUT2D eigenvalue weighted by molar-refractivity contribution is -0.128. The zero-order chi connectivity index (χ0) is 21.1. The molecule has 1 saturated heterocycles. The summed E-state index contributed by atoms with van der Waals surface area (Å²) < 4.78 is 38.3. The summed E-state index contributed by atoms with van der Waals surface area (Å²) in [6, 6.07) is 14.0. The van der Waals surface area contributed by atoms with Crippen molar-refractivity contribution in [2.75, 3.05) is 39.4 Å². The molecule has 0 saturated carbocycles. The van der Waals surface area contributed by atoms with Gasteiger partial charge in [0.1, 0.15) is 18.1 Å². The van der Waals surface area contributed by atoms with E-state index in [1.165, 1.54) is 4.31 Å². The summed E-state index contributed by atoms with van der Waals surface area (Å²) in [7, 11) is -3.61. The Morgan fingerprint density at radius 1 is 1.03 bits per heavy atom. The molecule has 0 bridgehead atoms. The van der Waals surface area contributed by atoms with Crippen LogP contribution in [0, 0.1) is 0 Å². The average molecular weight is 429 g/mol. The van der Waals surface area contributed by atoms with Crippen molar-refractivity contribution in [3.05, 3.63) is 59.7 Å². The first-order valence-electron chi connectivity index (χ1n) is 9.94. The van der Waals surface area contributed by atoms with Gasteiger partial charge in [0.05, 0.1) is 17.1 Å². The van der Waals surface area contributed by atoms with Gasteiger partial charge in [-0.15, -0.1) is 0 Å². The Morgan fingerprint density at radius 3 is 2.43 bits per heavy atom. The Kier molecular flexibility index (Phi) is 5.78. The van der Waals surface area contributed by atoms with Gasteiger partial charge in [0.15, 0.2) is 0 Å². The van der Waals surface area contributed by atoms with Crippen LogP contribution < -0.4 is 9.47 Å². The number of sulfonamides is 1. The summed E-state index contributed by atoms with van der Waals surface area (Å²) >= 11 is 0. The van der Waals surface area contributed by atoms with E-state index in [1.807, 2.05) is 37.3 Å². The monoisotopic (exact) mass is 428 g/mol. The predicted molar refractivity (Wildman–Crippen MR) is 113 cm³/mol. The number of nitrogens with zero attached hydrogens (tertiary/aromatic N) is 2. The molecule has 158 valence electrons. The molecule has 0 atom stereocenters. The number of carbonyl (C=O) groups excluding carboxylic acids is 1. The first-order valence-corrected chi connectivity index (χ1v) is 11.4. The van der Waals surface area contributed by atoms with E-state index in [-0.39, 0.29) is 30.5 Å². The van der Waals surface area contributed by atoms with E-state index in [1.54, 1.807) is 29.2 Å². The minimum absolute atomic E-state index is 0.109. The molecule has 0 radical (unpaired) electrons. The molecule has 2 aliphatic heterocycles. The van der Waals surface area contributed by atoms with E-state index in [4.69, 9.17) is 9.47 Å². The second kappa shape index (κ2) is 8.49. The van der Waals surface area contributed by atoms with Gasteiger partial charge in [0, 0.05) is 31.7 Å². The summed E-state index contributed by atoms with van der Waals surface area (Å²) in [5, 5.41) is 0. The Balaban J connectivity index is 1.41. The van der Waals surface area contributed by atoms with Crippen molar-refractivity contribution in [2.45, 2.75) is 11.8 Å². The van der Waals surface area contributed by atoms with Crippen molar-refractivity contribution in [1.29, 1.82) is 0 Å². The van der Waals surface area contributed by atoms with Crippen LogP contribution in [0.25, 0.3) is 6.08 Å². The lowest BCUT2D eigenvalue weighted by Gasteiger charge is -2.34. The van der Waals surface area contributed by atoms with Crippen molar-refractivity contribution < 1.29 is 22.7 Å². The summed E-state index contributed by atoms with van der Waals surface area (Å²) in [5.74, 6) is 1.29. The Labute approximate surface area is 176 Å². The highest BCUT2D eigenvalue weighted by Crippen LogP contribution is 2.27. The molecule has 0 unspecified atom stereocenters. The Hall–Kier alpha value is -2.84. The summed E-state index contributed by atoms with van der Waals surface area (Å²) in [6.45, 7) is 3.82. The number of carbonyl (C=O) groups is 1. The molecule has 0 N–H and O–H groups in total. The number of rotatable bonds is 5. The van der Waals surface area contributed by atoms with Crippen LogP contribution in [-0.4, -0.2) is 62.9 Å². The first-order chi connectivity index (χ1) is 14.5. The van der Waals surface area contributed by atoms with Crippen LogP contribution >= 0.6 is 0 Å². The fourth-order valence-electron chi connectivity index (χ4n) is 3.60. The quantitative estimate of drug-likeness (QED) is 0.731. The smallest absolute Gasteiger partial charge is 0.253 e. The molecule has 7 nitrogen and oxygen atoms in total. The minimum atomic E-state index is -3.61. The van der Waals surface area contributed by atoms with Gasteiger partial charge in [-0.2, -0.15) is 4.31 Å². The molecule has 1 amide bonds. The maximum absolute atomic E-state index is 12.9. The third kappa shape index (κ3) is 4.06. The van der Waals surface area contributed by atoms with Crippen LogP contribution in [0.4, 0.5) is 0 Å². The average Bonchev–Trinajstić information content (AvgIpc) is 2.79. The molecule has 0 spiro atoms. The summed E-state index contributed by atoms with van der Waals surface area (Å²) in [6.07, 6.45) is 1.85. The number of hydrogen-bond donors (Lipinski definition) is 0. The van der Waals surface area contributed by atoms with E-state index in [0.29, 0.717) is 31.0 Å². The molecule has 2 aliphatic rings. The van der Waals surface area contributed by atoms with E-state index >= 15 is 0 Å². The van der Waals surface area contributed by atoms with Crippen LogP contribution in [0.1, 0.15) is 12.5 Å². The van der Waals surface area contributed by atoms with Gasteiger partial charge in [-0.3, -0.25) is 4.79 Å². The van der Waals surface area contributed by atoms with Crippen LogP contribution in [0.3, 0.4) is 0 Å². The van der Waals surface area contributed by atoms with Gasteiger partial charge in [0.2, 0.25) is 10.0 Å². The molecule has 1 fully saturated rings. The van der Waals surface area contributed by atoms with E-state index in [0.717, 1.165) is 11.3 Å². The molecule has 30 heavy (non-hydrogen) atoms. The third-order valence-electron chi connectivity index (χ3n) is 5.20. The molecular formula is C22H24N2O5S. The zero-order valence-corrected chi connectivity index (χ0v) is 17.6. The molecule has 4 rings (SSSR count). The number of piperazine rings is 1. The topological polar surface area (TPSA) is 76.2 Å². The standard InChI is InChI=1S/C22H24N2O5S/c1-2-28-19-7-9-20(10-8-19)30(26,27)24-13-11-23(12-14-24)22(25)18-15-17-5-3-4-6-21(17)29-16-18/h3-10,15H,2,11-14,16H2,1H3. The number of ether oxygens (including phenoxy) is 2. The SMILES string of the molecule is CCOc1ccc(S(=O)(=O)N2CCN(C(=O)C3=Cc4ccccc4OC3)CC2)cc1. The molecule has 2 aromatic carbocycles. The van der Waals surface area contributed by atoms with Crippen LogP contribution in [0.15, 0.2) is 59.0 Å². The number of amides is 1. The minimum Gasteiger partial charge on any atom is -0.494 e.